The van der Waals surface area contributed by atoms with Crippen LogP contribution in [0.5, 0.6) is 0 Å². The molecule has 4 aromatic heterocycles. The SMILES string of the molecule is Cc1cccc(-c2ccn(-c3nc(N4CCOCC4)c4oc(-c5nccs5)cc4n3)n2)c1. The Bertz CT molecular complexity index is 1390. The highest BCUT2D eigenvalue weighted by Gasteiger charge is 2.22. The van der Waals surface area contributed by atoms with Gasteiger partial charge in [-0.25, -0.2) is 14.6 Å². The van der Waals surface area contributed by atoms with Crippen LogP contribution in [-0.2, 0) is 4.74 Å². The molecule has 0 saturated carbocycles. The molecule has 1 fully saturated rings. The molecular formula is C23H20N6O2S. The minimum atomic E-state index is 0.504. The summed E-state index contributed by atoms with van der Waals surface area (Å²) in [6, 6.07) is 12.2. The highest BCUT2D eigenvalue weighted by atomic mass is 32.1. The topological polar surface area (TPSA) is 82.1 Å². The molecule has 1 aliphatic heterocycles. The van der Waals surface area contributed by atoms with Crippen molar-refractivity contribution < 1.29 is 9.15 Å². The van der Waals surface area contributed by atoms with Gasteiger partial charge in [-0.3, -0.25) is 0 Å². The highest BCUT2D eigenvalue weighted by molar-refractivity contribution is 7.13. The molecule has 0 N–H and O–H groups in total. The Morgan fingerprint density at radius 1 is 1.06 bits per heavy atom. The molecule has 160 valence electrons. The average molecular weight is 445 g/mol. The van der Waals surface area contributed by atoms with Gasteiger partial charge in [0.25, 0.3) is 5.95 Å². The first-order valence-electron chi connectivity index (χ1n) is 10.4. The van der Waals surface area contributed by atoms with Gasteiger partial charge >= 0.3 is 0 Å². The maximum Gasteiger partial charge on any atom is 0.253 e. The van der Waals surface area contributed by atoms with Gasteiger partial charge < -0.3 is 14.1 Å². The van der Waals surface area contributed by atoms with Crippen LogP contribution < -0.4 is 4.90 Å². The van der Waals surface area contributed by atoms with Gasteiger partial charge in [-0.2, -0.15) is 10.1 Å². The van der Waals surface area contributed by atoms with E-state index in [1.165, 1.54) is 16.9 Å². The predicted molar refractivity (Wildman–Crippen MR) is 123 cm³/mol. The molecule has 0 unspecified atom stereocenters. The number of ether oxygens (including phenoxy) is 1. The lowest BCUT2D eigenvalue weighted by Gasteiger charge is -2.27. The van der Waals surface area contributed by atoms with E-state index in [1.807, 2.05) is 29.8 Å². The van der Waals surface area contributed by atoms with Crippen molar-refractivity contribution in [1.82, 2.24) is 24.7 Å². The zero-order valence-electron chi connectivity index (χ0n) is 17.4. The summed E-state index contributed by atoms with van der Waals surface area (Å²) in [5.74, 6) is 1.95. The minimum Gasteiger partial charge on any atom is -0.448 e. The number of hydrogen-bond donors (Lipinski definition) is 0. The van der Waals surface area contributed by atoms with Crippen LogP contribution in [0, 0.1) is 6.92 Å². The molecule has 0 atom stereocenters. The van der Waals surface area contributed by atoms with Crippen LogP contribution in [0.2, 0.25) is 0 Å². The molecule has 0 aliphatic carbocycles. The maximum atomic E-state index is 6.19. The third-order valence-corrected chi connectivity index (χ3v) is 6.19. The number of aryl methyl sites for hydroxylation is 1. The van der Waals surface area contributed by atoms with Crippen LogP contribution in [-0.4, -0.2) is 51.0 Å². The summed E-state index contributed by atoms with van der Waals surface area (Å²) in [4.78, 5) is 16.2. The number of fused-ring (bicyclic) bond motifs is 1. The largest absolute Gasteiger partial charge is 0.448 e. The third kappa shape index (κ3) is 3.45. The van der Waals surface area contributed by atoms with Gasteiger partial charge in [0.05, 0.1) is 18.9 Å². The summed E-state index contributed by atoms with van der Waals surface area (Å²) < 4.78 is 13.4. The first-order chi connectivity index (χ1) is 15.7. The molecule has 9 heteroatoms. The zero-order valence-corrected chi connectivity index (χ0v) is 18.2. The Kier molecular flexibility index (Phi) is 4.70. The number of furan rings is 1. The number of rotatable bonds is 4. The molecule has 5 aromatic rings. The van der Waals surface area contributed by atoms with Crippen molar-refractivity contribution in [3.05, 3.63) is 59.7 Å². The van der Waals surface area contributed by atoms with Gasteiger partial charge in [0.15, 0.2) is 22.2 Å². The summed E-state index contributed by atoms with van der Waals surface area (Å²) in [5, 5.41) is 7.50. The van der Waals surface area contributed by atoms with Crippen LogP contribution in [0.15, 0.2) is 58.6 Å². The van der Waals surface area contributed by atoms with Gasteiger partial charge in [0, 0.05) is 42.5 Å². The van der Waals surface area contributed by atoms with Crippen molar-refractivity contribution in [2.45, 2.75) is 6.92 Å². The second-order valence-electron chi connectivity index (χ2n) is 7.62. The van der Waals surface area contributed by atoms with Gasteiger partial charge in [0.2, 0.25) is 0 Å². The lowest BCUT2D eigenvalue weighted by atomic mass is 10.1. The summed E-state index contributed by atoms with van der Waals surface area (Å²) in [5.41, 5.74) is 4.52. The molecule has 0 bridgehead atoms. The van der Waals surface area contributed by atoms with Crippen LogP contribution in [0.3, 0.4) is 0 Å². The van der Waals surface area contributed by atoms with Crippen LogP contribution in [0.4, 0.5) is 5.82 Å². The number of anilines is 1. The van der Waals surface area contributed by atoms with Gasteiger partial charge in [-0.1, -0.05) is 23.8 Å². The molecule has 0 amide bonds. The second kappa shape index (κ2) is 7.85. The van der Waals surface area contributed by atoms with Crippen LogP contribution in [0.25, 0.3) is 39.1 Å². The standard InChI is InChI=1S/C23H20N6O2S/c1-15-3-2-4-16(13-15)17-5-7-29(27-17)23-25-18-14-19(22-24-6-12-32-22)31-20(18)21(26-23)28-8-10-30-11-9-28/h2-7,12-14H,8-11H2,1H3. The molecular weight excluding hydrogens is 424 g/mol. The van der Waals surface area contributed by atoms with E-state index in [9.17, 15) is 0 Å². The summed E-state index contributed by atoms with van der Waals surface area (Å²) in [6.45, 7) is 4.87. The molecule has 6 rings (SSSR count). The van der Waals surface area contributed by atoms with Crippen molar-refractivity contribution in [3.63, 3.8) is 0 Å². The second-order valence-corrected chi connectivity index (χ2v) is 8.52. The Hall–Kier alpha value is -3.56. The van der Waals surface area contributed by atoms with E-state index in [4.69, 9.17) is 24.2 Å². The van der Waals surface area contributed by atoms with Crippen molar-refractivity contribution in [2.75, 3.05) is 31.2 Å². The van der Waals surface area contributed by atoms with Gasteiger partial charge in [-0.15, -0.1) is 11.3 Å². The molecule has 32 heavy (non-hydrogen) atoms. The van der Waals surface area contributed by atoms with E-state index < -0.39 is 0 Å². The van der Waals surface area contributed by atoms with E-state index in [2.05, 4.69) is 35.0 Å². The van der Waals surface area contributed by atoms with Crippen LogP contribution >= 0.6 is 11.3 Å². The fraction of sp³-hybridized carbons (Fsp3) is 0.217. The van der Waals surface area contributed by atoms with E-state index in [1.54, 1.807) is 10.9 Å². The first kappa shape index (κ1) is 19.1. The quantitative estimate of drug-likeness (QED) is 0.408. The molecule has 0 radical (unpaired) electrons. The van der Waals surface area contributed by atoms with Gasteiger partial charge in [-0.05, 0) is 19.1 Å². The fourth-order valence-corrected chi connectivity index (χ4v) is 4.43. The van der Waals surface area contributed by atoms with E-state index in [0.29, 0.717) is 30.5 Å². The summed E-state index contributed by atoms with van der Waals surface area (Å²) >= 11 is 1.53. The monoisotopic (exact) mass is 444 g/mol. The van der Waals surface area contributed by atoms with Crippen molar-refractivity contribution >= 4 is 28.3 Å². The maximum absolute atomic E-state index is 6.19. The summed E-state index contributed by atoms with van der Waals surface area (Å²) in [7, 11) is 0. The zero-order chi connectivity index (χ0) is 21.5. The third-order valence-electron chi connectivity index (χ3n) is 5.40. The number of thiazole rings is 1. The number of morpholine rings is 1. The Morgan fingerprint density at radius 3 is 2.78 bits per heavy atom. The van der Waals surface area contributed by atoms with E-state index >= 15 is 0 Å². The number of hydrogen-bond acceptors (Lipinski definition) is 8. The molecule has 8 nitrogen and oxygen atoms in total. The van der Waals surface area contributed by atoms with E-state index in [-0.39, 0.29) is 0 Å². The average Bonchev–Trinajstić information content (AvgIpc) is 3.59. The number of nitrogens with zero attached hydrogens (tertiary/aromatic N) is 6. The van der Waals surface area contributed by atoms with Gasteiger partial charge in [0.1, 0.15) is 5.52 Å². The molecule has 1 saturated heterocycles. The molecule has 1 aromatic carbocycles. The molecule has 5 heterocycles. The van der Waals surface area contributed by atoms with Crippen LogP contribution in [0.1, 0.15) is 5.56 Å². The molecule has 1 aliphatic rings. The Morgan fingerprint density at radius 2 is 1.97 bits per heavy atom. The normalized spacial score (nSPS) is 14.3. The van der Waals surface area contributed by atoms with Crippen molar-refractivity contribution in [3.8, 4) is 28.0 Å². The van der Waals surface area contributed by atoms with Crippen molar-refractivity contribution in [2.24, 2.45) is 0 Å². The first-order valence-corrected chi connectivity index (χ1v) is 11.3. The smallest absolute Gasteiger partial charge is 0.253 e. The lowest BCUT2D eigenvalue weighted by Crippen LogP contribution is -2.37. The Balaban J connectivity index is 1.47. The van der Waals surface area contributed by atoms with Crippen molar-refractivity contribution in [1.29, 1.82) is 0 Å². The number of benzene rings is 1. The summed E-state index contributed by atoms with van der Waals surface area (Å²) in [6.07, 6.45) is 3.66. The lowest BCUT2D eigenvalue weighted by molar-refractivity contribution is 0.122. The minimum absolute atomic E-state index is 0.504. The number of aromatic nitrogens is 5. The molecule has 0 spiro atoms. The highest BCUT2D eigenvalue weighted by Crippen LogP contribution is 2.34. The fourth-order valence-electron chi connectivity index (χ4n) is 3.84. The Labute approximate surface area is 188 Å². The van der Waals surface area contributed by atoms with E-state index in [0.717, 1.165) is 40.7 Å². The predicted octanol–water partition coefficient (Wildman–Crippen LogP) is 4.34.